The summed E-state index contributed by atoms with van der Waals surface area (Å²) in [6, 6.07) is 3.37. The molecular formula is C16H21N5O3. The van der Waals surface area contributed by atoms with Crippen molar-refractivity contribution in [2.45, 2.75) is 26.1 Å². The highest BCUT2D eigenvalue weighted by molar-refractivity contribution is 5.94. The smallest absolute Gasteiger partial charge is 0.254 e. The van der Waals surface area contributed by atoms with Gasteiger partial charge in [0, 0.05) is 31.4 Å². The maximum absolute atomic E-state index is 12.8. The summed E-state index contributed by atoms with van der Waals surface area (Å²) in [5, 5.41) is 7.94. The quantitative estimate of drug-likeness (QED) is 0.837. The van der Waals surface area contributed by atoms with E-state index < -0.39 is 0 Å². The van der Waals surface area contributed by atoms with Gasteiger partial charge >= 0.3 is 0 Å². The van der Waals surface area contributed by atoms with Crippen molar-refractivity contribution in [3.05, 3.63) is 36.0 Å². The first kappa shape index (κ1) is 16.4. The Morgan fingerprint density at radius 1 is 1.46 bits per heavy atom. The van der Waals surface area contributed by atoms with Gasteiger partial charge in [-0.25, -0.2) is 4.98 Å². The number of aryl methyl sites for hydroxylation is 1. The third kappa shape index (κ3) is 3.53. The molecule has 1 fully saturated rings. The fraction of sp³-hybridized carbons (Fsp3) is 0.500. The van der Waals surface area contributed by atoms with Crippen molar-refractivity contribution in [1.29, 1.82) is 0 Å². The first-order valence-corrected chi connectivity index (χ1v) is 7.92. The summed E-state index contributed by atoms with van der Waals surface area (Å²) in [6.45, 7) is 5.28. The van der Waals surface area contributed by atoms with Crippen LogP contribution in [0, 0.1) is 0 Å². The Balaban J connectivity index is 1.74. The SMILES string of the molecule is CC(C)Oc1cc(C(=O)N2CCO[C@H](c3nncn3C)C2)ccn1. The topological polar surface area (TPSA) is 82.4 Å². The molecule has 1 saturated heterocycles. The summed E-state index contributed by atoms with van der Waals surface area (Å²) in [6.07, 6.45) is 2.94. The van der Waals surface area contributed by atoms with Gasteiger partial charge in [0.15, 0.2) is 5.82 Å². The van der Waals surface area contributed by atoms with Gasteiger partial charge in [-0.2, -0.15) is 0 Å². The Labute approximate surface area is 140 Å². The summed E-state index contributed by atoms with van der Waals surface area (Å²) in [5.41, 5.74) is 0.555. The second kappa shape index (κ2) is 6.96. The summed E-state index contributed by atoms with van der Waals surface area (Å²) < 4.78 is 13.1. The highest BCUT2D eigenvalue weighted by atomic mass is 16.5. The first-order chi connectivity index (χ1) is 11.5. The molecule has 1 aliphatic rings. The molecule has 8 nitrogen and oxygen atoms in total. The van der Waals surface area contributed by atoms with Gasteiger partial charge in [-0.15, -0.1) is 10.2 Å². The second-order valence-electron chi connectivity index (χ2n) is 5.96. The number of hydrogen-bond donors (Lipinski definition) is 0. The van der Waals surface area contributed by atoms with Gasteiger partial charge in [0.1, 0.15) is 12.4 Å². The average Bonchev–Trinajstić information content (AvgIpc) is 3.00. The Hall–Kier alpha value is -2.48. The zero-order valence-corrected chi connectivity index (χ0v) is 14.0. The maximum Gasteiger partial charge on any atom is 0.254 e. The van der Waals surface area contributed by atoms with Crippen molar-refractivity contribution >= 4 is 5.91 Å². The molecule has 0 radical (unpaired) electrons. The van der Waals surface area contributed by atoms with Crippen molar-refractivity contribution in [2.75, 3.05) is 19.7 Å². The van der Waals surface area contributed by atoms with Crippen LogP contribution in [0.3, 0.4) is 0 Å². The molecule has 0 aromatic carbocycles. The molecule has 0 N–H and O–H groups in total. The van der Waals surface area contributed by atoms with E-state index in [2.05, 4.69) is 15.2 Å². The Kier molecular flexibility index (Phi) is 4.75. The predicted octanol–water partition coefficient (Wildman–Crippen LogP) is 1.21. The molecule has 3 heterocycles. The number of nitrogens with zero attached hydrogens (tertiary/aromatic N) is 5. The third-order valence-electron chi connectivity index (χ3n) is 3.73. The summed E-state index contributed by atoms with van der Waals surface area (Å²) in [4.78, 5) is 18.7. The van der Waals surface area contributed by atoms with Crippen LogP contribution in [0.5, 0.6) is 5.88 Å². The molecule has 0 aliphatic carbocycles. The standard InChI is InChI=1S/C16H21N5O3/c1-11(2)24-14-8-12(4-5-17-14)16(22)21-6-7-23-13(9-21)15-19-18-10-20(15)3/h4-5,8,10-11,13H,6-7,9H2,1-3H3/t13-/m0/s1. The van der Waals surface area contributed by atoms with Crippen LogP contribution in [0.4, 0.5) is 0 Å². The number of carbonyl (C=O) groups is 1. The molecule has 3 rings (SSSR count). The minimum absolute atomic E-state index is 0.00605. The fourth-order valence-electron chi connectivity index (χ4n) is 2.60. The van der Waals surface area contributed by atoms with Gasteiger partial charge in [0.25, 0.3) is 5.91 Å². The summed E-state index contributed by atoms with van der Waals surface area (Å²) in [7, 11) is 1.86. The van der Waals surface area contributed by atoms with Crippen LogP contribution in [0.1, 0.15) is 36.1 Å². The zero-order valence-electron chi connectivity index (χ0n) is 14.0. The highest BCUT2D eigenvalue weighted by Crippen LogP contribution is 2.22. The number of pyridine rings is 1. The molecule has 1 atom stereocenters. The number of hydrogen-bond acceptors (Lipinski definition) is 6. The van der Waals surface area contributed by atoms with Crippen molar-refractivity contribution in [2.24, 2.45) is 7.05 Å². The zero-order chi connectivity index (χ0) is 17.1. The lowest BCUT2D eigenvalue weighted by Crippen LogP contribution is -2.42. The number of carbonyl (C=O) groups excluding carboxylic acids is 1. The molecule has 0 spiro atoms. The number of ether oxygens (including phenoxy) is 2. The van der Waals surface area contributed by atoms with Gasteiger partial charge in [-0.1, -0.05) is 0 Å². The van der Waals surface area contributed by atoms with Gasteiger partial charge in [0.05, 0.1) is 19.3 Å². The van der Waals surface area contributed by atoms with Crippen LogP contribution in [0.25, 0.3) is 0 Å². The average molecular weight is 331 g/mol. The van der Waals surface area contributed by atoms with Crippen molar-refractivity contribution < 1.29 is 14.3 Å². The molecule has 0 bridgehead atoms. The van der Waals surface area contributed by atoms with Gasteiger partial charge < -0.3 is 18.9 Å². The molecule has 2 aromatic heterocycles. The van der Waals surface area contributed by atoms with E-state index in [0.29, 0.717) is 37.0 Å². The van der Waals surface area contributed by atoms with E-state index >= 15 is 0 Å². The van der Waals surface area contributed by atoms with E-state index in [1.165, 1.54) is 0 Å². The Morgan fingerprint density at radius 2 is 2.29 bits per heavy atom. The second-order valence-corrected chi connectivity index (χ2v) is 5.96. The molecule has 24 heavy (non-hydrogen) atoms. The molecule has 8 heteroatoms. The van der Waals surface area contributed by atoms with Crippen LogP contribution in [0.15, 0.2) is 24.7 Å². The van der Waals surface area contributed by atoms with Crippen molar-refractivity contribution in [3.8, 4) is 5.88 Å². The van der Waals surface area contributed by atoms with Crippen molar-refractivity contribution in [1.82, 2.24) is 24.6 Å². The molecule has 1 amide bonds. The maximum atomic E-state index is 12.8. The van der Waals surface area contributed by atoms with Crippen LogP contribution in [-0.4, -0.2) is 56.4 Å². The van der Waals surface area contributed by atoms with E-state index in [-0.39, 0.29) is 18.1 Å². The largest absolute Gasteiger partial charge is 0.475 e. The minimum atomic E-state index is -0.275. The molecule has 0 saturated carbocycles. The van der Waals surface area contributed by atoms with E-state index in [4.69, 9.17) is 9.47 Å². The van der Waals surface area contributed by atoms with Gasteiger partial charge in [-0.05, 0) is 19.9 Å². The van der Waals surface area contributed by atoms with Crippen molar-refractivity contribution in [3.63, 3.8) is 0 Å². The summed E-state index contributed by atoms with van der Waals surface area (Å²) >= 11 is 0. The number of morpholine rings is 1. The number of amides is 1. The molecule has 0 unspecified atom stereocenters. The van der Waals surface area contributed by atoms with Crippen LogP contribution < -0.4 is 4.74 Å². The monoisotopic (exact) mass is 331 g/mol. The molecule has 1 aliphatic heterocycles. The first-order valence-electron chi connectivity index (χ1n) is 7.92. The normalized spacial score (nSPS) is 18.0. The van der Waals surface area contributed by atoms with Crippen LogP contribution in [-0.2, 0) is 11.8 Å². The predicted molar refractivity (Wildman–Crippen MR) is 85.6 cm³/mol. The Bertz CT molecular complexity index is 715. The van der Waals surface area contributed by atoms with Crippen LogP contribution >= 0.6 is 0 Å². The highest BCUT2D eigenvalue weighted by Gasteiger charge is 2.29. The molecular weight excluding hydrogens is 310 g/mol. The third-order valence-corrected chi connectivity index (χ3v) is 3.73. The molecule has 128 valence electrons. The Morgan fingerprint density at radius 3 is 3.00 bits per heavy atom. The fourth-order valence-corrected chi connectivity index (χ4v) is 2.60. The van der Waals surface area contributed by atoms with E-state index in [1.807, 2.05) is 20.9 Å². The molecule has 2 aromatic rings. The van der Waals surface area contributed by atoms with E-state index in [9.17, 15) is 4.79 Å². The minimum Gasteiger partial charge on any atom is -0.475 e. The number of aromatic nitrogens is 4. The van der Waals surface area contributed by atoms with Gasteiger partial charge in [-0.3, -0.25) is 4.79 Å². The lowest BCUT2D eigenvalue weighted by molar-refractivity contribution is -0.0281. The lowest BCUT2D eigenvalue weighted by atomic mass is 10.2. The van der Waals surface area contributed by atoms with E-state index in [1.54, 1.807) is 34.1 Å². The van der Waals surface area contributed by atoms with Gasteiger partial charge in [0.2, 0.25) is 5.88 Å². The van der Waals surface area contributed by atoms with E-state index in [0.717, 1.165) is 0 Å². The number of rotatable bonds is 4. The summed E-state index contributed by atoms with van der Waals surface area (Å²) in [5.74, 6) is 1.10. The lowest BCUT2D eigenvalue weighted by Gasteiger charge is -2.32. The van der Waals surface area contributed by atoms with Crippen LogP contribution in [0.2, 0.25) is 0 Å².